The van der Waals surface area contributed by atoms with Gasteiger partial charge < -0.3 is 0 Å². The standard InChI is InChI=1S/C14H14N2O4S/c1-4-5-15-12(18)13(19)16(14(15)20)7-11(17)10-6-8(2)21-9(10)3/h4,6H,1,5,7H2,2-3H3. The Morgan fingerprint density at radius 2 is 1.86 bits per heavy atom. The number of hydrogen-bond acceptors (Lipinski definition) is 5. The second-order valence-corrected chi connectivity index (χ2v) is 6.09. The molecule has 1 saturated heterocycles. The maximum Gasteiger partial charge on any atom is 0.334 e. The third-order valence-corrected chi connectivity index (χ3v) is 4.06. The van der Waals surface area contributed by atoms with Crippen molar-refractivity contribution in [3.8, 4) is 0 Å². The van der Waals surface area contributed by atoms with Gasteiger partial charge in [0, 0.05) is 21.9 Å². The predicted molar refractivity (Wildman–Crippen MR) is 77.1 cm³/mol. The topological polar surface area (TPSA) is 74.8 Å². The molecule has 0 atom stereocenters. The zero-order chi connectivity index (χ0) is 15.7. The smallest absolute Gasteiger partial charge is 0.292 e. The fourth-order valence-electron chi connectivity index (χ4n) is 2.12. The quantitative estimate of drug-likeness (QED) is 0.358. The molecule has 1 aromatic rings. The summed E-state index contributed by atoms with van der Waals surface area (Å²) < 4.78 is 0. The first-order valence-corrected chi connectivity index (χ1v) is 7.07. The average Bonchev–Trinajstić information content (AvgIpc) is 2.86. The number of urea groups is 1. The summed E-state index contributed by atoms with van der Waals surface area (Å²) in [6.07, 6.45) is 1.35. The fourth-order valence-corrected chi connectivity index (χ4v) is 3.06. The summed E-state index contributed by atoms with van der Waals surface area (Å²) in [5.74, 6) is -2.25. The molecule has 0 bridgehead atoms. The summed E-state index contributed by atoms with van der Waals surface area (Å²) in [5.41, 5.74) is 0.479. The molecule has 1 aromatic heterocycles. The minimum atomic E-state index is -0.972. The van der Waals surface area contributed by atoms with E-state index in [1.807, 2.05) is 6.92 Å². The van der Waals surface area contributed by atoms with E-state index in [4.69, 9.17) is 0 Å². The highest BCUT2D eigenvalue weighted by molar-refractivity contribution is 7.12. The Hall–Kier alpha value is -2.28. The molecule has 0 spiro atoms. The highest BCUT2D eigenvalue weighted by Gasteiger charge is 2.44. The van der Waals surface area contributed by atoms with Gasteiger partial charge >= 0.3 is 17.8 Å². The summed E-state index contributed by atoms with van der Waals surface area (Å²) in [6, 6.07) is 0.944. The molecule has 0 N–H and O–H groups in total. The van der Waals surface area contributed by atoms with Gasteiger partial charge in [0.15, 0.2) is 5.78 Å². The lowest BCUT2D eigenvalue weighted by molar-refractivity contribution is -0.142. The molecule has 2 rings (SSSR count). The first-order valence-electron chi connectivity index (χ1n) is 6.25. The van der Waals surface area contributed by atoms with Crippen LogP contribution in [0.25, 0.3) is 0 Å². The largest absolute Gasteiger partial charge is 0.334 e. The van der Waals surface area contributed by atoms with E-state index >= 15 is 0 Å². The number of imide groups is 2. The van der Waals surface area contributed by atoms with E-state index in [9.17, 15) is 19.2 Å². The molecule has 2 heterocycles. The molecule has 6 nitrogen and oxygen atoms in total. The first-order chi connectivity index (χ1) is 9.86. The van der Waals surface area contributed by atoms with Crippen molar-refractivity contribution < 1.29 is 19.2 Å². The van der Waals surface area contributed by atoms with Crippen LogP contribution < -0.4 is 0 Å². The summed E-state index contributed by atoms with van der Waals surface area (Å²) in [5, 5.41) is 0. The second kappa shape index (κ2) is 5.61. The molecule has 7 heteroatoms. The van der Waals surface area contributed by atoms with Crippen molar-refractivity contribution >= 4 is 35.0 Å². The van der Waals surface area contributed by atoms with Crippen LogP contribution in [0.5, 0.6) is 0 Å². The highest BCUT2D eigenvalue weighted by Crippen LogP contribution is 2.22. The molecule has 1 fully saturated rings. The van der Waals surface area contributed by atoms with Crippen molar-refractivity contribution in [3.63, 3.8) is 0 Å². The number of carbonyl (C=O) groups is 4. The molecule has 0 aliphatic carbocycles. The third-order valence-electron chi connectivity index (χ3n) is 3.09. The van der Waals surface area contributed by atoms with Crippen LogP contribution in [0, 0.1) is 13.8 Å². The Bertz CT molecular complexity index is 662. The minimum Gasteiger partial charge on any atom is -0.292 e. The Balaban J connectivity index is 2.19. The van der Waals surface area contributed by atoms with Crippen LogP contribution >= 0.6 is 11.3 Å². The lowest BCUT2D eigenvalue weighted by Crippen LogP contribution is -2.37. The zero-order valence-corrected chi connectivity index (χ0v) is 12.5. The summed E-state index contributed by atoms with van der Waals surface area (Å²) >= 11 is 1.47. The molecule has 0 saturated carbocycles. The van der Waals surface area contributed by atoms with Gasteiger partial charge in [0.05, 0.1) is 6.54 Å². The van der Waals surface area contributed by atoms with Gasteiger partial charge in [-0.1, -0.05) is 6.08 Å². The highest BCUT2D eigenvalue weighted by atomic mass is 32.1. The average molecular weight is 306 g/mol. The monoisotopic (exact) mass is 306 g/mol. The zero-order valence-electron chi connectivity index (χ0n) is 11.7. The van der Waals surface area contributed by atoms with Gasteiger partial charge in [0.1, 0.15) is 0 Å². The molecule has 1 aliphatic rings. The van der Waals surface area contributed by atoms with E-state index < -0.39 is 24.4 Å². The Labute approximate surface area is 125 Å². The maximum absolute atomic E-state index is 12.2. The van der Waals surface area contributed by atoms with Crippen molar-refractivity contribution in [1.82, 2.24) is 9.80 Å². The maximum atomic E-state index is 12.2. The van der Waals surface area contributed by atoms with Crippen LogP contribution in [0.4, 0.5) is 4.79 Å². The molecule has 4 amide bonds. The van der Waals surface area contributed by atoms with Gasteiger partial charge in [0.2, 0.25) is 0 Å². The lowest BCUT2D eigenvalue weighted by atomic mass is 10.1. The number of rotatable bonds is 5. The van der Waals surface area contributed by atoms with Crippen LogP contribution in [-0.4, -0.2) is 46.5 Å². The van der Waals surface area contributed by atoms with E-state index in [0.717, 1.165) is 14.7 Å². The minimum absolute atomic E-state index is 0.0509. The van der Waals surface area contributed by atoms with Crippen LogP contribution in [0.2, 0.25) is 0 Å². The predicted octanol–water partition coefficient (Wildman–Crippen LogP) is 1.52. The fraction of sp³-hybridized carbons (Fsp3) is 0.286. The van der Waals surface area contributed by atoms with E-state index in [0.29, 0.717) is 10.5 Å². The summed E-state index contributed by atoms with van der Waals surface area (Å²) in [4.78, 5) is 50.9. The SMILES string of the molecule is C=CCN1C(=O)C(=O)N(CC(=O)c2cc(C)sc2C)C1=O. The molecule has 110 valence electrons. The van der Waals surface area contributed by atoms with Crippen LogP contribution in [-0.2, 0) is 9.59 Å². The van der Waals surface area contributed by atoms with Gasteiger partial charge in [-0.15, -0.1) is 17.9 Å². The second-order valence-electron chi connectivity index (χ2n) is 4.63. The van der Waals surface area contributed by atoms with Gasteiger partial charge in [0.25, 0.3) is 0 Å². The number of thiophene rings is 1. The first kappa shape index (κ1) is 15.1. The number of aryl methyl sites for hydroxylation is 2. The van der Waals surface area contributed by atoms with Crippen LogP contribution in [0.1, 0.15) is 20.1 Å². The third kappa shape index (κ3) is 2.64. The molecule has 1 aliphatic heterocycles. The van der Waals surface area contributed by atoms with Gasteiger partial charge in [-0.25, -0.2) is 9.69 Å². The molecule has 0 unspecified atom stereocenters. The summed E-state index contributed by atoms with van der Waals surface area (Å²) in [6.45, 7) is 6.62. The molecule has 21 heavy (non-hydrogen) atoms. The number of amides is 4. The number of ketones is 1. The number of hydrogen-bond donors (Lipinski definition) is 0. The molecule has 0 radical (unpaired) electrons. The normalized spacial score (nSPS) is 15.0. The van der Waals surface area contributed by atoms with Gasteiger partial charge in [-0.05, 0) is 19.9 Å². The van der Waals surface area contributed by atoms with Crippen molar-refractivity contribution in [2.24, 2.45) is 0 Å². The van der Waals surface area contributed by atoms with E-state index in [2.05, 4.69) is 6.58 Å². The van der Waals surface area contributed by atoms with Crippen LogP contribution in [0.15, 0.2) is 18.7 Å². The number of carbonyl (C=O) groups excluding carboxylic acids is 4. The lowest BCUT2D eigenvalue weighted by Gasteiger charge is -2.13. The Kier molecular flexibility index (Phi) is 4.04. The number of nitrogens with zero attached hydrogens (tertiary/aromatic N) is 2. The van der Waals surface area contributed by atoms with E-state index in [1.165, 1.54) is 17.4 Å². The van der Waals surface area contributed by atoms with Crippen molar-refractivity contribution in [1.29, 1.82) is 0 Å². The Morgan fingerprint density at radius 1 is 1.24 bits per heavy atom. The van der Waals surface area contributed by atoms with Crippen molar-refractivity contribution in [2.75, 3.05) is 13.1 Å². The van der Waals surface area contributed by atoms with Gasteiger partial charge in [-0.3, -0.25) is 19.3 Å². The van der Waals surface area contributed by atoms with Crippen LogP contribution in [0.3, 0.4) is 0 Å². The summed E-state index contributed by atoms with van der Waals surface area (Å²) in [7, 11) is 0. The Morgan fingerprint density at radius 3 is 2.38 bits per heavy atom. The van der Waals surface area contributed by atoms with E-state index in [1.54, 1.807) is 13.0 Å². The molecular formula is C14H14N2O4S. The van der Waals surface area contributed by atoms with Crippen molar-refractivity contribution in [2.45, 2.75) is 13.8 Å². The molecular weight excluding hydrogens is 292 g/mol. The van der Waals surface area contributed by atoms with Gasteiger partial charge in [-0.2, -0.15) is 0 Å². The van der Waals surface area contributed by atoms with E-state index in [-0.39, 0.29) is 12.3 Å². The van der Waals surface area contributed by atoms with Crippen molar-refractivity contribution in [3.05, 3.63) is 34.0 Å². The molecule has 0 aromatic carbocycles. The number of Topliss-reactive ketones (excluding diaryl/α,β-unsaturated/α-hetero) is 1.